The molecular formula is C2H4N4OS. The Balaban J connectivity index is 3.42. The lowest BCUT2D eigenvalue weighted by atomic mass is 10.8. The van der Waals surface area contributed by atoms with E-state index in [1.54, 1.807) is 0 Å². The first-order valence-electron chi connectivity index (χ1n) is 1.80. The molecule has 8 heavy (non-hydrogen) atoms. The Morgan fingerprint density at radius 3 is 2.62 bits per heavy atom. The van der Waals surface area contributed by atoms with Crippen LogP contribution in [-0.4, -0.2) is 13.7 Å². The molecule has 0 spiro atoms. The zero-order chi connectivity index (χ0) is 6.15. The van der Waals surface area contributed by atoms with Crippen molar-refractivity contribution in [3.05, 3.63) is 5.49 Å². The molecule has 0 aliphatic heterocycles. The van der Waals surface area contributed by atoms with Crippen LogP contribution in [0.15, 0.2) is 0 Å². The monoisotopic (exact) mass is 132 g/mol. The van der Waals surface area contributed by atoms with Gasteiger partial charge in [0.2, 0.25) is 5.49 Å². The molecule has 6 heteroatoms. The van der Waals surface area contributed by atoms with Crippen molar-refractivity contribution >= 4 is 17.5 Å². The summed E-state index contributed by atoms with van der Waals surface area (Å²) in [5.74, 6) is 0.0532. The summed E-state index contributed by atoms with van der Waals surface area (Å²) >= 11 is 0.741. The highest BCUT2D eigenvalue weighted by Gasteiger charge is 1.95. The number of hydrogen-bond acceptors (Lipinski definition) is 5. The fourth-order valence-electron chi connectivity index (χ4n) is 0.265. The molecule has 0 unspecified atom stereocenters. The Hall–Kier alpha value is -1.04. The van der Waals surface area contributed by atoms with Crippen molar-refractivity contribution in [2.45, 2.75) is 0 Å². The smallest absolute Gasteiger partial charge is 0.218 e. The predicted octanol–water partition coefficient (Wildman–Crippen LogP) is -0.756. The van der Waals surface area contributed by atoms with Gasteiger partial charge in [0.15, 0.2) is 5.82 Å². The van der Waals surface area contributed by atoms with Crippen molar-refractivity contribution in [1.82, 2.24) is 8.49 Å². The van der Waals surface area contributed by atoms with Gasteiger partial charge in [-0.2, -0.15) is 4.37 Å². The molecule has 0 saturated heterocycles. The number of nitrogens with one attached hydrogen (secondary N) is 1. The summed E-state index contributed by atoms with van der Waals surface area (Å²) < 4.78 is 4.05. The van der Waals surface area contributed by atoms with Gasteiger partial charge in [0, 0.05) is 0 Å². The molecule has 0 aliphatic rings. The number of anilines is 1. The molecule has 1 heterocycles. The van der Waals surface area contributed by atoms with Crippen LogP contribution < -0.4 is 11.2 Å². The summed E-state index contributed by atoms with van der Waals surface area (Å²) in [6.45, 7) is 0. The van der Waals surface area contributed by atoms with Gasteiger partial charge in [0.1, 0.15) is 0 Å². The molecule has 0 amide bonds. The normalized spacial score (nSPS) is 9.50. The van der Waals surface area contributed by atoms with Crippen molar-refractivity contribution in [3.8, 4) is 0 Å². The predicted molar refractivity (Wildman–Crippen MR) is 27.6 cm³/mol. The summed E-state index contributed by atoms with van der Waals surface area (Å²) in [5, 5.41) is 15.4. The second kappa shape index (κ2) is 1.48. The van der Waals surface area contributed by atoms with E-state index in [4.69, 9.17) is 16.4 Å². The first-order valence-corrected chi connectivity index (χ1v) is 2.53. The molecule has 0 radical (unpaired) electrons. The molecule has 0 aromatic carbocycles. The molecule has 0 aliphatic carbocycles. The van der Waals surface area contributed by atoms with Crippen LogP contribution in [0, 0.1) is 5.41 Å². The van der Waals surface area contributed by atoms with Crippen LogP contribution in [0.4, 0.5) is 5.82 Å². The number of rotatable bonds is 0. The van der Waals surface area contributed by atoms with Crippen LogP contribution in [-0.2, 0) is 0 Å². The summed E-state index contributed by atoms with van der Waals surface area (Å²) in [6, 6.07) is 0. The number of aromatic nitrogens is 2. The zero-order valence-corrected chi connectivity index (χ0v) is 4.64. The van der Waals surface area contributed by atoms with E-state index in [0.717, 1.165) is 11.7 Å². The largest absolute Gasteiger partial charge is 0.416 e. The maximum atomic E-state index is 8.55. The van der Waals surface area contributed by atoms with E-state index in [1.807, 2.05) is 0 Å². The van der Waals surface area contributed by atoms with Crippen molar-refractivity contribution in [3.63, 3.8) is 0 Å². The van der Waals surface area contributed by atoms with E-state index in [-0.39, 0.29) is 11.3 Å². The standard InChI is InChI=1S/C2H4N4OS/c3-1-2(4)6(7)8-5-1/h4,7H,(H2,3,5). The summed E-state index contributed by atoms with van der Waals surface area (Å²) in [5.41, 5.74) is 4.91. The molecule has 0 saturated carbocycles. The SMILES string of the molecule is N=c1c(N)nsn1O. The Labute approximate surface area is 48.8 Å². The first kappa shape index (κ1) is 5.10. The molecule has 1 aromatic rings. The van der Waals surface area contributed by atoms with Gasteiger partial charge < -0.3 is 10.9 Å². The van der Waals surface area contributed by atoms with E-state index < -0.39 is 0 Å². The van der Waals surface area contributed by atoms with Gasteiger partial charge >= 0.3 is 0 Å². The van der Waals surface area contributed by atoms with Crippen molar-refractivity contribution in [2.75, 3.05) is 5.73 Å². The van der Waals surface area contributed by atoms with Crippen LogP contribution in [0.2, 0.25) is 0 Å². The van der Waals surface area contributed by atoms with Crippen LogP contribution in [0.5, 0.6) is 0 Å². The Morgan fingerprint density at radius 2 is 2.50 bits per heavy atom. The Bertz CT molecular complexity index is 214. The van der Waals surface area contributed by atoms with Crippen molar-refractivity contribution < 1.29 is 5.21 Å². The molecule has 44 valence electrons. The molecule has 1 rings (SSSR count). The highest BCUT2D eigenvalue weighted by atomic mass is 32.1. The summed E-state index contributed by atoms with van der Waals surface area (Å²) in [6.07, 6.45) is 0. The molecule has 5 nitrogen and oxygen atoms in total. The van der Waals surface area contributed by atoms with Gasteiger partial charge in [-0.15, -0.1) is 0 Å². The molecule has 4 N–H and O–H groups in total. The topological polar surface area (TPSA) is 87.9 Å². The highest BCUT2D eigenvalue weighted by Crippen LogP contribution is 1.88. The lowest BCUT2D eigenvalue weighted by Gasteiger charge is -1.78. The molecule has 0 fully saturated rings. The number of hydrogen-bond donors (Lipinski definition) is 3. The van der Waals surface area contributed by atoms with E-state index in [9.17, 15) is 0 Å². The fourth-order valence-corrected chi connectivity index (χ4v) is 0.692. The zero-order valence-electron chi connectivity index (χ0n) is 3.83. The maximum absolute atomic E-state index is 8.55. The second-order valence-electron chi connectivity index (χ2n) is 1.18. The van der Waals surface area contributed by atoms with E-state index in [1.165, 1.54) is 0 Å². The second-order valence-corrected chi connectivity index (χ2v) is 1.87. The van der Waals surface area contributed by atoms with E-state index in [0.29, 0.717) is 4.12 Å². The van der Waals surface area contributed by atoms with Gasteiger partial charge in [-0.1, -0.05) is 4.12 Å². The number of nitrogen functional groups attached to an aromatic ring is 1. The third kappa shape index (κ3) is 0.544. The van der Waals surface area contributed by atoms with Crippen LogP contribution in [0.3, 0.4) is 0 Å². The van der Waals surface area contributed by atoms with Gasteiger partial charge in [-0.05, 0) is 0 Å². The number of nitrogens with zero attached hydrogens (tertiary/aromatic N) is 2. The minimum absolute atomic E-state index is 0.0532. The lowest BCUT2D eigenvalue weighted by molar-refractivity contribution is 0.206. The Kier molecular flexibility index (Phi) is 0.943. The third-order valence-electron chi connectivity index (χ3n) is 0.650. The van der Waals surface area contributed by atoms with Gasteiger partial charge in [0.25, 0.3) is 0 Å². The Morgan fingerprint density at radius 1 is 1.88 bits per heavy atom. The molecule has 1 aromatic heterocycles. The van der Waals surface area contributed by atoms with Crippen molar-refractivity contribution in [2.24, 2.45) is 0 Å². The summed E-state index contributed by atoms with van der Waals surface area (Å²) in [7, 11) is 0. The van der Waals surface area contributed by atoms with Crippen LogP contribution in [0.25, 0.3) is 0 Å². The average Bonchev–Trinajstić information content (AvgIpc) is 1.98. The van der Waals surface area contributed by atoms with Crippen LogP contribution >= 0.6 is 11.7 Å². The van der Waals surface area contributed by atoms with Gasteiger partial charge in [0.05, 0.1) is 11.7 Å². The first-order chi connectivity index (χ1) is 3.72. The maximum Gasteiger partial charge on any atom is 0.218 e. The molecule has 0 atom stereocenters. The molecular weight excluding hydrogens is 128 g/mol. The average molecular weight is 132 g/mol. The van der Waals surface area contributed by atoms with Gasteiger partial charge in [-0.25, -0.2) is 0 Å². The highest BCUT2D eigenvalue weighted by molar-refractivity contribution is 6.99. The summed E-state index contributed by atoms with van der Waals surface area (Å²) in [4.78, 5) is 0. The third-order valence-corrected chi connectivity index (χ3v) is 1.27. The van der Waals surface area contributed by atoms with E-state index >= 15 is 0 Å². The minimum atomic E-state index is -0.157. The fraction of sp³-hybridized carbons (Fsp3) is 0. The minimum Gasteiger partial charge on any atom is -0.416 e. The van der Waals surface area contributed by atoms with Crippen molar-refractivity contribution in [1.29, 1.82) is 5.41 Å². The van der Waals surface area contributed by atoms with Gasteiger partial charge in [-0.3, -0.25) is 5.41 Å². The quantitative estimate of drug-likeness (QED) is 0.405. The lowest BCUT2D eigenvalue weighted by Crippen LogP contribution is -2.13. The number of nitrogens with two attached hydrogens (primary N) is 1. The van der Waals surface area contributed by atoms with Crippen LogP contribution in [0.1, 0.15) is 0 Å². The van der Waals surface area contributed by atoms with E-state index in [2.05, 4.69) is 4.37 Å². The molecule has 0 bridgehead atoms.